The summed E-state index contributed by atoms with van der Waals surface area (Å²) < 4.78 is 29.7. The van der Waals surface area contributed by atoms with Crippen LogP contribution in [0.5, 0.6) is 0 Å². The maximum absolute atomic E-state index is 13.1. The molecular formula is C25H26BrN3O4S. The molecule has 2 aliphatic rings. The van der Waals surface area contributed by atoms with Gasteiger partial charge in [0, 0.05) is 41.7 Å². The molecule has 1 saturated heterocycles. The van der Waals surface area contributed by atoms with Gasteiger partial charge in [-0.2, -0.15) is 4.31 Å². The number of carbonyl (C=O) groups excluding carboxylic acids is 1. The number of hydrogen-bond donors (Lipinski definition) is 1. The Morgan fingerprint density at radius 2 is 1.85 bits per heavy atom. The number of aromatic nitrogens is 1. The Balaban J connectivity index is 1.28. The molecule has 2 aromatic carbocycles. The molecule has 0 aliphatic carbocycles. The first-order valence-electron chi connectivity index (χ1n) is 11.5. The Morgan fingerprint density at radius 3 is 2.56 bits per heavy atom. The van der Waals surface area contributed by atoms with Crippen molar-refractivity contribution < 1.29 is 13.2 Å². The number of sulfonamides is 1. The Labute approximate surface area is 206 Å². The lowest BCUT2D eigenvalue weighted by atomic mass is 10.1. The summed E-state index contributed by atoms with van der Waals surface area (Å²) in [6.07, 6.45) is 4.83. The van der Waals surface area contributed by atoms with Crippen molar-refractivity contribution in [2.45, 2.75) is 43.5 Å². The van der Waals surface area contributed by atoms with Gasteiger partial charge in [0.15, 0.2) is 0 Å². The molecule has 34 heavy (non-hydrogen) atoms. The third kappa shape index (κ3) is 4.10. The van der Waals surface area contributed by atoms with Gasteiger partial charge in [0.2, 0.25) is 15.5 Å². The maximum atomic E-state index is 13.1. The van der Waals surface area contributed by atoms with E-state index in [1.54, 1.807) is 36.5 Å². The van der Waals surface area contributed by atoms with Gasteiger partial charge in [-0.25, -0.2) is 8.42 Å². The minimum atomic E-state index is -3.44. The third-order valence-corrected chi connectivity index (χ3v) is 9.10. The summed E-state index contributed by atoms with van der Waals surface area (Å²) in [5, 5.41) is 3.40. The molecule has 0 spiro atoms. The van der Waals surface area contributed by atoms with Crippen LogP contribution >= 0.6 is 15.9 Å². The molecular weight excluding hydrogens is 518 g/mol. The number of carbonyl (C=O) groups is 1. The smallest absolute Gasteiger partial charge is 0.256 e. The zero-order valence-corrected chi connectivity index (χ0v) is 21.3. The molecule has 0 radical (unpaired) electrons. The van der Waals surface area contributed by atoms with Crippen LogP contribution in [0.15, 0.2) is 56.8 Å². The number of hydrogen-bond acceptors (Lipinski definition) is 4. The van der Waals surface area contributed by atoms with Crippen LogP contribution in [0.25, 0.3) is 10.9 Å². The van der Waals surface area contributed by atoms with Crippen molar-refractivity contribution in [3.05, 3.63) is 74.0 Å². The van der Waals surface area contributed by atoms with Crippen LogP contribution in [-0.4, -0.2) is 42.8 Å². The van der Waals surface area contributed by atoms with E-state index in [0.29, 0.717) is 36.3 Å². The van der Waals surface area contributed by atoms with Crippen molar-refractivity contribution in [3.63, 3.8) is 0 Å². The van der Waals surface area contributed by atoms with E-state index < -0.39 is 15.9 Å². The highest BCUT2D eigenvalue weighted by Gasteiger charge is 2.27. The molecule has 9 heteroatoms. The number of benzene rings is 2. The number of nitrogens with zero attached hydrogens (tertiary/aromatic N) is 2. The summed E-state index contributed by atoms with van der Waals surface area (Å²) in [5.41, 5.74) is 2.79. The molecule has 7 nitrogen and oxygen atoms in total. The van der Waals surface area contributed by atoms with E-state index in [0.717, 1.165) is 40.4 Å². The average Bonchev–Trinajstić information content (AvgIpc) is 3.45. The lowest BCUT2D eigenvalue weighted by Gasteiger charge is -2.15. The van der Waals surface area contributed by atoms with E-state index in [1.165, 1.54) is 4.31 Å². The van der Waals surface area contributed by atoms with Crippen LogP contribution in [0.1, 0.15) is 47.3 Å². The molecule has 1 atom stereocenters. The highest BCUT2D eigenvalue weighted by molar-refractivity contribution is 9.10. The molecule has 1 aromatic heterocycles. The summed E-state index contributed by atoms with van der Waals surface area (Å²) in [6.45, 7) is 3.56. The van der Waals surface area contributed by atoms with Crippen molar-refractivity contribution in [1.29, 1.82) is 0 Å². The van der Waals surface area contributed by atoms with E-state index >= 15 is 0 Å². The van der Waals surface area contributed by atoms with Gasteiger partial charge in [-0.05, 0) is 68.0 Å². The first-order valence-corrected chi connectivity index (χ1v) is 13.7. The van der Waals surface area contributed by atoms with Gasteiger partial charge in [0.05, 0.1) is 10.4 Å². The van der Waals surface area contributed by atoms with Gasteiger partial charge in [0.1, 0.15) is 5.56 Å². The molecule has 1 amide bonds. The van der Waals surface area contributed by atoms with Crippen LogP contribution in [0.4, 0.5) is 0 Å². The zero-order chi connectivity index (χ0) is 24.0. The SMILES string of the molecule is CC1Cc2cc(Br)cc3c(=O)c(C(=O)NCCc4ccc(S(=O)(=O)N5CCCC5)cc4)cn1c23. The van der Waals surface area contributed by atoms with Gasteiger partial charge < -0.3 is 9.88 Å². The third-order valence-electron chi connectivity index (χ3n) is 6.73. The molecule has 1 unspecified atom stereocenters. The fraction of sp³-hybridized carbons (Fsp3) is 0.360. The second-order valence-corrected chi connectivity index (χ2v) is 11.9. The summed E-state index contributed by atoms with van der Waals surface area (Å²) >= 11 is 3.48. The van der Waals surface area contributed by atoms with Gasteiger partial charge in [-0.15, -0.1) is 0 Å². The van der Waals surface area contributed by atoms with Crippen molar-refractivity contribution in [1.82, 2.24) is 14.2 Å². The normalized spacial score (nSPS) is 18.0. The first-order chi connectivity index (χ1) is 16.3. The van der Waals surface area contributed by atoms with E-state index in [9.17, 15) is 18.0 Å². The Bertz CT molecular complexity index is 1440. The predicted octanol–water partition coefficient (Wildman–Crippen LogP) is 3.64. The molecule has 3 aromatic rings. The number of pyridine rings is 1. The molecule has 3 heterocycles. The minimum Gasteiger partial charge on any atom is -0.352 e. The lowest BCUT2D eigenvalue weighted by molar-refractivity contribution is 0.0952. The van der Waals surface area contributed by atoms with Crippen LogP contribution in [-0.2, 0) is 22.9 Å². The fourth-order valence-electron chi connectivity index (χ4n) is 4.94. The van der Waals surface area contributed by atoms with Crippen LogP contribution < -0.4 is 10.7 Å². The van der Waals surface area contributed by atoms with Crippen LogP contribution in [0.2, 0.25) is 0 Å². The van der Waals surface area contributed by atoms with Crippen molar-refractivity contribution in [2.24, 2.45) is 0 Å². The largest absolute Gasteiger partial charge is 0.352 e. The fourth-order valence-corrected chi connectivity index (χ4v) is 6.97. The molecule has 2 aliphatic heterocycles. The van der Waals surface area contributed by atoms with Gasteiger partial charge in [-0.3, -0.25) is 9.59 Å². The number of amides is 1. The monoisotopic (exact) mass is 543 g/mol. The van der Waals surface area contributed by atoms with Gasteiger partial charge >= 0.3 is 0 Å². The summed E-state index contributed by atoms with van der Waals surface area (Å²) in [5.74, 6) is -0.399. The number of rotatable bonds is 6. The van der Waals surface area contributed by atoms with Gasteiger partial charge in [0.25, 0.3) is 5.91 Å². The molecule has 1 fully saturated rings. The van der Waals surface area contributed by atoms with Crippen LogP contribution in [0.3, 0.4) is 0 Å². The summed E-state index contributed by atoms with van der Waals surface area (Å²) in [6, 6.07) is 10.8. The Hall–Kier alpha value is -2.49. The summed E-state index contributed by atoms with van der Waals surface area (Å²) in [4.78, 5) is 26.3. The molecule has 0 bridgehead atoms. The van der Waals surface area contributed by atoms with E-state index in [4.69, 9.17) is 0 Å². The van der Waals surface area contributed by atoms with E-state index in [1.807, 2.05) is 10.6 Å². The van der Waals surface area contributed by atoms with Crippen molar-refractivity contribution in [2.75, 3.05) is 19.6 Å². The van der Waals surface area contributed by atoms with Crippen LogP contribution in [0, 0.1) is 0 Å². The molecule has 0 saturated carbocycles. The summed E-state index contributed by atoms with van der Waals surface area (Å²) in [7, 11) is -3.44. The quantitative estimate of drug-likeness (QED) is 0.514. The second kappa shape index (κ2) is 8.94. The zero-order valence-electron chi connectivity index (χ0n) is 18.9. The van der Waals surface area contributed by atoms with E-state index in [-0.39, 0.29) is 17.0 Å². The minimum absolute atomic E-state index is 0.136. The predicted molar refractivity (Wildman–Crippen MR) is 135 cm³/mol. The Morgan fingerprint density at radius 1 is 1.15 bits per heavy atom. The standard InChI is InChI=1S/C25H26BrN3O4S/c1-16-12-18-13-19(26)14-21-23(18)29(16)15-22(24(21)30)25(31)27-9-8-17-4-6-20(7-5-17)34(32,33)28-10-2-3-11-28/h4-7,13-16H,2-3,8-12H2,1H3,(H,27,31). The lowest BCUT2D eigenvalue weighted by Crippen LogP contribution is -2.31. The van der Waals surface area contributed by atoms with E-state index in [2.05, 4.69) is 28.2 Å². The topological polar surface area (TPSA) is 88.5 Å². The second-order valence-electron chi connectivity index (χ2n) is 9.05. The van der Waals surface area contributed by atoms with Crippen molar-refractivity contribution >= 4 is 42.8 Å². The molecule has 178 valence electrons. The first kappa shape index (κ1) is 23.3. The highest BCUT2D eigenvalue weighted by atomic mass is 79.9. The van der Waals surface area contributed by atoms with Crippen molar-refractivity contribution in [3.8, 4) is 0 Å². The number of halogens is 1. The highest BCUT2D eigenvalue weighted by Crippen LogP contribution is 2.33. The Kier molecular flexibility index (Phi) is 6.12. The number of nitrogens with one attached hydrogen (secondary N) is 1. The molecule has 5 rings (SSSR count). The average molecular weight is 544 g/mol. The van der Waals surface area contributed by atoms with Gasteiger partial charge in [-0.1, -0.05) is 28.1 Å². The molecule has 1 N–H and O–H groups in total. The maximum Gasteiger partial charge on any atom is 0.256 e.